The number of hydrogen-bond donors (Lipinski definition) is 4. The molecule has 0 amide bonds. The summed E-state index contributed by atoms with van der Waals surface area (Å²) in [5, 5.41) is 31.0. The summed E-state index contributed by atoms with van der Waals surface area (Å²) in [7, 11) is -4.62. The van der Waals surface area contributed by atoms with Gasteiger partial charge >= 0.3 is 11.9 Å². The molecule has 1 aliphatic heterocycles. The molecule has 1 rings (SSSR count). The van der Waals surface area contributed by atoms with Gasteiger partial charge in [0.05, 0.1) is 6.61 Å². The van der Waals surface area contributed by atoms with Gasteiger partial charge in [-0.2, -0.15) is 8.42 Å². The van der Waals surface area contributed by atoms with Crippen LogP contribution in [0.25, 0.3) is 0 Å². The van der Waals surface area contributed by atoms with Crippen molar-refractivity contribution in [1.29, 1.82) is 0 Å². The van der Waals surface area contributed by atoms with E-state index in [0.717, 1.165) is 51.4 Å². The number of hydrogen-bond acceptors (Lipinski definition) is 11. The zero-order chi connectivity index (χ0) is 49.8. The molecule has 1 fully saturated rings. The maximum Gasteiger partial charge on any atom is 0.306 e. The van der Waals surface area contributed by atoms with Crippen LogP contribution in [0.15, 0.2) is 85.1 Å². The molecule has 0 radical (unpaired) electrons. The molecule has 13 heteroatoms. The van der Waals surface area contributed by atoms with Gasteiger partial charge < -0.3 is 34.3 Å². The molecule has 0 aliphatic carbocycles. The van der Waals surface area contributed by atoms with Crippen molar-refractivity contribution in [3.63, 3.8) is 0 Å². The highest BCUT2D eigenvalue weighted by Gasteiger charge is 2.46. The molecule has 68 heavy (non-hydrogen) atoms. The summed E-state index contributed by atoms with van der Waals surface area (Å²) < 4.78 is 54.2. The first-order valence-corrected chi connectivity index (χ1v) is 27.8. The lowest BCUT2D eigenvalue weighted by atomic mass is 10.00. The van der Waals surface area contributed by atoms with Gasteiger partial charge in [0.25, 0.3) is 10.1 Å². The third-order valence-corrected chi connectivity index (χ3v) is 12.2. The Morgan fingerprint density at radius 1 is 0.515 bits per heavy atom. The van der Waals surface area contributed by atoms with Gasteiger partial charge in [-0.3, -0.25) is 14.1 Å². The monoisotopic (exact) mass is 977 g/mol. The van der Waals surface area contributed by atoms with Gasteiger partial charge in [0.15, 0.2) is 12.4 Å². The molecule has 2 unspecified atom stereocenters. The number of ether oxygens (including phenoxy) is 4. The Labute approximate surface area is 411 Å². The normalized spacial score (nSPS) is 19.9. The molecule has 0 saturated carbocycles. The number of carbonyl (C=O) groups is 2. The quantitative estimate of drug-likeness (QED) is 0.0196. The van der Waals surface area contributed by atoms with E-state index < -0.39 is 71.2 Å². The van der Waals surface area contributed by atoms with Crippen molar-refractivity contribution >= 4 is 22.1 Å². The van der Waals surface area contributed by atoms with Crippen LogP contribution >= 0.6 is 0 Å². The second-order valence-corrected chi connectivity index (χ2v) is 19.3. The molecule has 1 heterocycles. The highest BCUT2D eigenvalue weighted by molar-refractivity contribution is 7.85. The Morgan fingerprint density at radius 3 is 1.44 bits per heavy atom. The Balaban J connectivity index is 2.42. The van der Waals surface area contributed by atoms with Crippen LogP contribution in [0.2, 0.25) is 0 Å². The van der Waals surface area contributed by atoms with E-state index in [1.165, 1.54) is 96.3 Å². The molecular weight excluding hydrogens is 885 g/mol. The van der Waals surface area contributed by atoms with Crippen LogP contribution in [0.5, 0.6) is 0 Å². The highest BCUT2D eigenvalue weighted by Crippen LogP contribution is 2.24. The molecule has 0 aromatic heterocycles. The number of unbranched alkanes of at least 4 members (excludes halogenated alkanes) is 17. The molecule has 4 N–H and O–H groups in total. The summed E-state index contributed by atoms with van der Waals surface area (Å²) in [5.41, 5.74) is 0. The first-order chi connectivity index (χ1) is 33.0. The minimum absolute atomic E-state index is 0.0355. The fraction of sp³-hybridized carbons (Fsp3) is 0.709. The fourth-order valence-electron chi connectivity index (χ4n) is 7.46. The van der Waals surface area contributed by atoms with Crippen LogP contribution < -0.4 is 0 Å². The topological polar surface area (TPSA) is 186 Å². The van der Waals surface area contributed by atoms with Gasteiger partial charge in [0.2, 0.25) is 0 Å². The maximum absolute atomic E-state index is 12.8. The van der Waals surface area contributed by atoms with Crippen molar-refractivity contribution in [1.82, 2.24) is 0 Å². The number of esters is 2. The van der Waals surface area contributed by atoms with Gasteiger partial charge in [0, 0.05) is 12.8 Å². The fourth-order valence-corrected chi connectivity index (χ4v) is 8.15. The summed E-state index contributed by atoms with van der Waals surface area (Å²) in [6, 6.07) is 0. The molecule has 1 saturated heterocycles. The largest absolute Gasteiger partial charge is 0.462 e. The lowest BCUT2D eigenvalue weighted by Gasteiger charge is -2.40. The SMILES string of the molecule is CC/C=C/C/C=C/C/C=C/C/C=C/C/C=C/C/C=C/CCC(=O)O[C@H](COC(=O)CCCCCCCCCCCCC/C=C/CCCCCCCC)CO[C@H]1O[C@H](CS(=O)(=O)O)[C@@H](O)C(O)C1O. The van der Waals surface area contributed by atoms with E-state index in [1.54, 1.807) is 0 Å². The number of allylic oxidation sites excluding steroid dienone is 14. The van der Waals surface area contributed by atoms with Crippen LogP contribution in [-0.2, 0) is 38.7 Å². The van der Waals surface area contributed by atoms with Crippen molar-refractivity contribution in [2.75, 3.05) is 19.0 Å². The first kappa shape index (κ1) is 62.8. The molecule has 390 valence electrons. The average molecular weight is 977 g/mol. The standard InChI is InChI=1S/C55H92O12S/c1-3-5-7-9-11-13-15-17-19-21-23-24-26-27-29-31-33-35-37-39-41-43-50(56)64-45-48(46-65-55-54(60)53(59)52(58)49(67-55)47-68(61,62)63)66-51(57)44-42-40-38-36-34-32-30-28-25-22-20-18-16-14-12-10-8-6-4-2/h6,8,12,14,17-20,25,28,32,34,38,40,48-49,52-55,58-60H,3-5,7,9-11,13,15-16,21-24,26-27,29-31,33,35-37,39,41-47H2,1-2H3,(H,61,62,63)/b8-6+,14-12+,19-17+,20-18+,28-25+,34-32+,40-38+/t48-,49-,52-,53?,54?,55+/m1/s1. The molecule has 1 aliphatic rings. The van der Waals surface area contributed by atoms with Crippen LogP contribution in [-0.4, -0.2) is 96.0 Å². The van der Waals surface area contributed by atoms with Gasteiger partial charge in [-0.05, 0) is 77.0 Å². The number of rotatable bonds is 43. The Bertz CT molecular complexity index is 1570. The minimum atomic E-state index is -4.62. The van der Waals surface area contributed by atoms with Gasteiger partial charge in [-0.25, -0.2) is 0 Å². The van der Waals surface area contributed by atoms with Crippen molar-refractivity contribution in [2.45, 2.75) is 230 Å². The summed E-state index contributed by atoms with van der Waals surface area (Å²) in [6.07, 6.45) is 49.2. The lowest BCUT2D eigenvalue weighted by molar-refractivity contribution is -0.297. The summed E-state index contributed by atoms with van der Waals surface area (Å²) in [5.74, 6) is -2.10. The van der Waals surface area contributed by atoms with Gasteiger partial charge in [-0.1, -0.05) is 189 Å². The number of aliphatic hydroxyl groups excluding tert-OH is 3. The van der Waals surface area contributed by atoms with Crippen molar-refractivity contribution in [3.05, 3.63) is 85.1 Å². The highest BCUT2D eigenvalue weighted by atomic mass is 32.2. The zero-order valence-corrected chi connectivity index (χ0v) is 42.7. The van der Waals surface area contributed by atoms with Crippen LogP contribution in [0.4, 0.5) is 0 Å². The van der Waals surface area contributed by atoms with Gasteiger partial charge in [0.1, 0.15) is 36.8 Å². The molecule has 0 bridgehead atoms. The van der Waals surface area contributed by atoms with E-state index in [-0.39, 0.29) is 19.4 Å². The third-order valence-electron chi connectivity index (χ3n) is 11.5. The molecular formula is C55H92O12S. The average Bonchev–Trinajstić information content (AvgIpc) is 3.31. The Hall–Kier alpha value is -3.17. The van der Waals surface area contributed by atoms with E-state index in [0.29, 0.717) is 19.3 Å². The summed E-state index contributed by atoms with van der Waals surface area (Å²) in [6.45, 7) is 3.60. The van der Waals surface area contributed by atoms with Crippen molar-refractivity contribution in [2.24, 2.45) is 0 Å². The van der Waals surface area contributed by atoms with E-state index >= 15 is 0 Å². The zero-order valence-electron chi connectivity index (χ0n) is 41.9. The number of aliphatic hydroxyl groups is 3. The van der Waals surface area contributed by atoms with Crippen LogP contribution in [0.3, 0.4) is 0 Å². The molecule has 0 spiro atoms. The van der Waals surface area contributed by atoms with E-state index in [1.807, 2.05) is 18.2 Å². The second-order valence-electron chi connectivity index (χ2n) is 17.8. The molecule has 12 nitrogen and oxygen atoms in total. The van der Waals surface area contributed by atoms with E-state index in [4.69, 9.17) is 18.9 Å². The predicted molar refractivity (Wildman–Crippen MR) is 274 cm³/mol. The Kier molecular flexibility index (Phi) is 40.5. The van der Waals surface area contributed by atoms with E-state index in [2.05, 4.69) is 80.7 Å². The smallest absolute Gasteiger partial charge is 0.306 e. The van der Waals surface area contributed by atoms with E-state index in [9.17, 15) is 37.9 Å². The summed E-state index contributed by atoms with van der Waals surface area (Å²) in [4.78, 5) is 25.5. The van der Waals surface area contributed by atoms with Crippen LogP contribution in [0, 0.1) is 0 Å². The first-order valence-electron chi connectivity index (χ1n) is 26.1. The van der Waals surface area contributed by atoms with Crippen molar-refractivity contribution in [3.8, 4) is 0 Å². The molecule has 6 atom stereocenters. The molecule has 0 aromatic rings. The van der Waals surface area contributed by atoms with Crippen LogP contribution in [0.1, 0.15) is 194 Å². The van der Waals surface area contributed by atoms with Gasteiger partial charge in [-0.15, -0.1) is 0 Å². The number of carbonyl (C=O) groups excluding carboxylic acids is 2. The minimum Gasteiger partial charge on any atom is -0.462 e. The second kappa shape index (κ2) is 43.8. The molecule has 0 aromatic carbocycles. The lowest BCUT2D eigenvalue weighted by Crippen LogP contribution is -2.60. The third kappa shape index (κ3) is 37.7. The van der Waals surface area contributed by atoms with Crippen molar-refractivity contribution < 1.29 is 56.8 Å². The summed E-state index contributed by atoms with van der Waals surface area (Å²) >= 11 is 0. The maximum atomic E-state index is 12.8. The Morgan fingerprint density at radius 2 is 0.956 bits per heavy atom. The predicted octanol–water partition coefficient (Wildman–Crippen LogP) is 12.0.